The first-order valence-corrected chi connectivity index (χ1v) is 9.19. The highest BCUT2D eigenvalue weighted by Crippen LogP contribution is 2.40. The molecule has 2 heterocycles. The Hall–Kier alpha value is -2.87. The average molecular weight is 373 g/mol. The van der Waals surface area contributed by atoms with Crippen LogP contribution in [0, 0.1) is 5.82 Å². The number of pyridine rings is 1. The number of benzene rings is 2. The molecule has 0 bridgehead atoms. The van der Waals surface area contributed by atoms with Crippen LogP contribution < -0.4 is 14.4 Å². The summed E-state index contributed by atoms with van der Waals surface area (Å²) in [5.74, 6) is -0.323. The zero-order chi connectivity index (χ0) is 18.3. The fourth-order valence-electron chi connectivity index (χ4n) is 3.37. The summed E-state index contributed by atoms with van der Waals surface area (Å²) in [7, 11) is -1.27. The molecule has 0 saturated carbocycles. The van der Waals surface area contributed by atoms with Gasteiger partial charge in [0.05, 0.1) is 12.8 Å². The number of fused-ring (bicyclic) bond motifs is 2. The van der Waals surface area contributed by atoms with Gasteiger partial charge >= 0.3 is 0 Å². The third kappa shape index (κ3) is 2.72. The minimum atomic E-state index is -2.70. The van der Waals surface area contributed by atoms with Crippen molar-refractivity contribution in [1.82, 2.24) is 4.98 Å². The summed E-state index contributed by atoms with van der Waals surface area (Å²) in [5, 5.41) is 0.698. The maximum atomic E-state index is 14.5. The van der Waals surface area contributed by atoms with Gasteiger partial charge in [-0.15, -0.1) is 0 Å². The Morgan fingerprint density at radius 1 is 1.19 bits per heavy atom. The van der Waals surface area contributed by atoms with Crippen molar-refractivity contribution in [2.75, 3.05) is 23.3 Å². The molecule has 2 aromatic carbocycles. The fourth-order valence-corrected chi connectivity index (χ4v) is 3.72. The second kappa shape index (κ2) is 6.45. The Labute approximate surface area is 151 Å². The lowest BCUT2D eigenvalue weighted by atomic mass is 10.1. The zero-order valence-corrected chi connectivity index (χ0v) is 14.8. The molecule has 26 heavy (non-hydrogen) atoms. The number of anilines is 3. The smallest absolute Gasteiger partial charge is 0.222 e. The maximum absolute atomic E-state index is 14.5. The standard InChI is InChI=1S/C18H16FN3O3S/c1-25-16-5-3-13-15(6-8-20-18(13)17(16)19)22-9-7-11-10-12(21-26(23)24)2-4-14(11)22/h2-6,8,10,26H,7,9H2,1H3,(H,21,23,24). The van der Waals surface area contributed by atoms with Gasteiger partial charge in [-0.2, -0.15) is 0 Å². The molecule has 1 aliphatic rings. The molecule has 1 aromatic heterocycles. The topological polar surface area (TPSA) is 71.5 Å². The van der Waals surface area contributed by atoms with Crippen molar-refractivity contribution < 1.29 is 17.5 Å². The summed E-state index contributed by atoms with van der Waals surface area (Å²) in [4.78, 5) is 6.25. The minimum absolute atomic E-state index is 0.159. The summed E-state index contributed by atoms with van der Waals surface area (Å²) >= 11 is 0. The summed E-state index contributed by atoms with van der Waals surface area (Å²) < 4.78 is 43.7. The predicted molar refractivity (Wildman–Crippen MR) is 99.3 cm³/mol. The van der Waals surface area contributed by atoms with E-state index < -0.39 is 16.7 Å². The number of rotatable bonds is 4. The monoisotopic (exact) mass is 373 g/mol. The summed E-state index contributed by atoms with van der Waals surface area (Å²) in [5.41, 5.74) is 3.66. The fraction of sp³-hybridized carbons (Fsp3) is 0.167. The van der Waals surface area contributed by atoms with Gasteiger partial charge in [-0.1, -0.05) is 0 Å². The van der Waals surface area contributed by atoms with Crippen LogP contribution in [0.15, 0.2) is 42.6 Å². The minimum Gasteiger partial charge on any atom is -0.494 e. The SMILES string of the molecule is COc1ccc2c(N3CCc4cc(N[SH](=O)=O)ccc43)ccnc2c1F. The molecule has 0 radical (unpaired) electrons. The third-order valence-electron chi connectivity index (χ3n) is 4.50. The van der Waals surface area contributed by atoms with Gasteiger partial charge in [0.1, 0.15) is 5.52 Å². The van der Waals surface area contributed by atoms with Crippen LogP contribution in [0.1, 0.15) is 5.56 Å². The highest BCUT2D eigenvalue weighted by atomic mass is 32.2. The molecule has 0 spiro atoms. The molecule has 0 saturated heterocycles. The molecule has 0 unspecified atom stereocenters. The predicted octanol–water partition coefficient (Wildman–Crippen LogP) is 3.02. The second-order valence-corrected chi connectivity index (χ2v) is 6.66. The number of hydrogen-bond acceptors (Lipinski definition) is 5. The molecule has 0 aliphatic carbocycles. The number of halogens is 1. The average Bonchev–Trinajstić information content (AvgIpc) is 3.04. The number of nitrogens with one attached hydrogen (secondary N) is 1. The summed E-state index contributed by atoms with van der Waals surface area (Å²) in [6.45, 7) is 0.717. The van der Waals surface area contributed by atoms with E-state index in [2.05, 4.69) is 14.6 Å². The number of nitrogens with zero attached hydrogens (tertiary/aromatic N) is 2. The lowest BCUT2D eigenvalue weighted by Crippen LogP contribution is -2.14. The summed E-state index contributed by atoms with van der Waals surface area (Å²) in [6, 6.07) is 10.7. The number of hydrogen-bond donors (Lipinski definition) is 2. The van der Waals surface area contributed by atoms with E-state index in [0.29, 0.717) is 11.1 Å². The van der Waals surface area contributed by atoms with E-state index >= 15 is 0 Å². The number of thiol groups is 1. The van der Waals surface area contributed by atoms with E-state index in [-0.39, 0.29) is 11.3 Å². The van der Waals surface area contributed by atoms with Gasteiger partial charge < -0.3 is 9.64 Å². The Morgan fingerprint density at radius 3 is 2.81 bits per heavy atom. The highest BCUT2D eigenvalue weighted by molar-refractivity contribution is 7.73. The second-order valence-electron chi connectivity index (χ2n) is 5.92. The van der Waals surface area contributed by atoms with Gasteiger partial charge in [-0.05, 0) is 48.4 Å². The van der Waals surface area contributed by atoms with Gasteiger partial charge in [0, 0.05) is 29.5 Å². The van der Waals surface area contributed by atoms with Crippen LogP contribution >= 0.6 is 0 Å². The molecule has 0 fully saturated rings. The highest BCUT2D eigenvalue weighted by Gasteiger charge is 2.23. The molecule has 0 amide bonds. The van der Waals surface area contributed by atoms with Gasteiger partial charge in [0.2, 0.25) is 10.9 Å². The lowest BCUT2D eigenvalue weighted by molar-refractivity contribution is 0.388. The lowest BCUT2D eigenvalue weighted by Gasteiger charge is -2.21. The van der Waals surface area contributed by atoms with Gasteiger partial charge in [0.25, 0.3) is 0 Å². The largest absolute Gasteiger partial charge is 0.494 e. The van der Waals surface area contributed by atoms with E-state index in [1.165, 1.54) is 7.11 Å². The van der Waals surface area contributed by atoms with E-state index in [9.17, 15) is 12.8 Å². The Morgan fingerprint density at radius 2 is 2.04 bits per heavy atom. The van der Waals surface area contributed by atoms with Crippen molar-refractivity contribution in [3.63, 3.8) is 0 Å². The molecule has 3 aromatic rings. The molecule has 0 atom stereocenters. The van der Waals surface area contributed by atoms with Crippen LogP contribution in [0.25, 0.3) is 10.9 Å². The van der Waals surface area contributed by atoms with Crippen LogP contribution in [0.5, 0.6) is 5.75 Å². The van der Waals surface area contributed by atoms with Gasteiger partial charge in [-0.3, -0.25) is 9.71 Å². The first kappa shape index (κ1) is 16.6. The normalized spacial score (nSPS) is 13.3. The van der Waals surface area contributed by atoms with Crippen molar-refractivity contribution in [2.45, 2.75) is 6.42 Å². The third-order valence-corrected chi connectivity index (χ3v) is 4.94. The van der Waals surface area contributed by atoms with Crippen LogP contribution in [0.2, 0.25) is 0 Å². The number of methoxy groups -OCH3 is 1. The van der Waals surface area contributed by atoms with Gasteiger partial charge in [0.15, 0.2) is 11.6 Å². The van der Waals surface area contributed by atoms with Crippen LogP contribution in [0.4, 0.5) is 21.5 Å². The Kier molecular flexibility index (Phi) is 4.12. The van der Waals surface area contributed by atoms with Gasteiger partial charge in [-0.25, -0.2) is 12.8 Å². The quantitative estimate of drug-likeness (QED) is 0.688. The van der Waals surface area contributed by atoms with Crippen molar-refractivity contribution in [2.24, 2.45) is 0 Å². The van der Waals surface area contributed by atoms with E-state index in [4.69, 9.17) is 4.74 Å². The van der Waals surface area contributed by atoms with Crippen molar-refractivity contribution in [3.8, 4) is 5.75 Å². The number of ether oxygens (including phenoxy) is 1. The van der Waals surface area contributed by atoms with E-state index in [0.717, 1.165) is 29.9 Å². The van der Waals surface area contributed by atoms with Crippen LogP contribution in [0.3, 0.4) is 0 Å². The summed E-state index contributed by atoms with van der Waals surface area (Å²) in [6.07, 6.45) is 2.35. The molecule has 6 nitrogen and oxygen atoms in total. The van der Waals surface area contributed by atoms with Crippen molar-refractivity contribution in [3.05, 3.63) is 54.0 Å². The molecular formula is C18H16FN3O3S. The first-order chi connectivity index (χ1) is 12.6. The first-order valence-electron chi connectivity index (χ1n) is 8.01. The zero-order valence-electron chi connectivity index (χ0n) is 13.9. The molecule has 8 heteroatoms. The van der Waals surface area contributed by atoms with Crippen molar-refractivity contribution in [1.29, 1.82) is 0 Å². The van der Waals surface area contributed by atoms with E-state index in [1.807, 2.05) is 18.2 Å². The van der Waals surface area contributed by atoms with Crippen LogP contribution in [-0.2, 0) is 17.3 Å². The van der Waals surface area contributed by atoms with E-state index in [1.54, 1.807) is 24.4 Å². The molecule has 1 aliphatic heterocycles. The Balaban J connectivity index is 1.80. The molecule has 1 N–H and O–H groups in total. The maximum Gasteiger partial charge on any atom is 0.222 e. The Bertz CT molecular complexity index is 1080. The molecule has 134 valence electrons. The molecule has 4 rings (SSSR count). The van der Waals surface area contributed by atoms with Crippen LogP contribution in [-0.4, -0.2) is 27.1 Å². The van der Waals surface area contributed by atoms with Crippen molar-refractivity contribution >= 4 is 38.9 Å². The molecular weight excluding hydrogens is 357 g/mol. The number of aromatic nitrogens is 1.